The van der Waals surface area contributed by atoms with Crippen molar-refractivity contribution in [2.24, 2.45) is 10.7 Å². The zero-order valence-electron chi connectivity index (χ0n) is 14.2. The number of carbonyl (C=O) groups excluding carboxylic acids is 2. The smallest absolute Gasteiger partial charge is 0.274 e. The molecule has 1 aliphatic rings. The predicted octanol–water partition coefficient (Wildman–Crippen LogP) is 1.77. The van der Waals surface area contributed by atoms with Gasteiger partial charge in [0.05, 0.1) is 28.9 Å². The van der Waals surface area contributed by atoms with Crippen LogP contribution in [0.5, 0.6) is 0 Å². The van der Waals surface area contributed by atoms with Crippen molar-refractivity contribution in [1.29, 1.82) is 0 Å². The van der Waals surface area contributed by atoms with E-state index in [1.807, 2.05) is 0 Å². The average Bonchev–Trinajstić information content (AvgIpc) is 2.60. The number of hydrogen-bond acceptors (Lipinski definition) is 6. The summed E-state index contributed by atoms with van der Waals surface area (Å²) in [5, 5.41) is 3.17. The van der Waals surface area contributed by atoms with Gasteiger partial charge in [-0.2, -0.15) is 0 Å². The number of aromatic nitrogens is 2. The summed E-state index contributed by atoms with van der Waals surface area (Å²) >= 11 is 5.77. The molecule has 0 aromatic carbocycles. The number of hydrogen-bond donors (Lipinski definition) is 2. The summed E-state index contributed by atoms with van der Waals surface area (Å²) < 4.78 is 0. The number of anilines is 1. The van der Waals surface area contributed by atoms with Crippen LogP contribution in [0.25, 0.3) is 0 Å². The van der Waals surface area contributed by atoms with Crippen molar-refractivity contribution in [2.45, 2.75) is 18.9 Å². The van der Waals surface area contributed by atoms with Crippen molar-refractivity contribution in [1.82, 2.24) is 14.9 Å². The lowest BCUT2D eigenvalue weighted by molar-refractivity contribution is -0.128. The Kier molecular flexibility index (Phi) is 4.60. The van der Waals surface area contributed by atoms with Gasteiger partial charge < -0.3 is 11.1 Å². The van der Waals surface area contributed by atoms with Crippen LogP contribution in [0.15, 0.2) is 41.8 Å². The van der Waals surface area contributed by atoms with Crippen molar-refractivity contribution < 1.29 is 9.59 Å². The molecule has 2 aromatic heterocycles. The van der Waals surface area contributed by atoms with Gasteiger partial charge in [-0.15, -0.1) is 0 Å². The lowest BCUT2D eigenvalue weighted by atomic mass is 9.88. The first kappa shape index (κ1) is 17.8. The van der Waals surface area contributed by atoms with Crippen molar-refractivity contribution in [3.63, 3.8) is 0 Å². The molecule has 0 saturated carbocycles. The van der Waals surface area contributed by atoms with Crippen molar-refractivity contribution in [2.75, 3.05) is 12.4 Å². The Balaban J connectivity index is 1.85. The number of nitrogens with one attached hydrogen (secondary N) is 1. The summed E-state index contributed by atoms with van der Waals surface area (Å²) in [6, 6.07) is 4.83. The third-order valence-electron chi connectivity index (χ3n) is 4.15. The Labute approximate surface area is 155 Å². The highest BCUT2D eigenvalue weighted by atomic mass is 35.5. The van der Waals surface area contributed by atoms with Crippen LogP contribution >= 0.6 is 11.6 Å². The highest BCUT2D eigenvalue weighted by molar-refractivity contribution is 6.30. The first-order valence-electron chi connectivity index (χ1n) is 7.79. The molecule has 3 heterocycles. The van der Waals surface area contributed by atoms with Crippen molar-refractivity contribution >= 4 is 35.1 Å². The van der Waals surface area contributed by atoms with Gasteiger partial charge in [0.25, 0.3) is 5.91 Å². The molecule has 1 aliphatic heterocycles. The summed E-state index contributed by atoms with van der Waals surface area (Å²) in [5.41, 5.74) is 6.35. The quantitative estimate of drug-likeness (QED) is 0.852. The van der Waals surface area contributed by atoms with E-state index in [1.165, 1.54) is 23.4 Å². The number of aliphatic imine (C=N–C) groups is 1. The molecule has 8 nitrogen and oxygen atoms in total. The van der Waals surface area contributed by atoms with Crippen LogP contribution < -0.4 is 11.1 Å². The molecule has 0 fully saturated rings. The van der Waals surface area contributed by atoms with Gasteiger partial charge >= 0.3 is 0 Å². The summed E-state index contributed by atoms with van der Waals surface area (Å²) in [7, 11) is 1.58. The molecule has 134 valence electrons. The molecule has 2 amide bonds. The molecule has 2 aromatic rings. The molecule has 9 heteroatoms. The fourth-order valence-electron chi connectivity index (χ4n) is 2.58. The maximum atomic E-state index is 12.3. The Hall–Kier alpha value is -3.00. The van der Waals surface area contributed by atoms with Gasteiger partial charge in [-0.1, -0.05) is 11.6 Å². The number of rotatable bonds is 3. The van der Waals surface area contributed by atoms with Crippen LogP contribution in [0, 0.1) is 0 Å². The third-order valence-corrected chi connectivity index (χ3v) is 4.38. The average molecular weight is 373 g/mol. The Bertz CT molecular complexity index is 898. The van der Waals surface area contributed by atoms with E-state index in [-0.39, 0.29) is 24.0 Å². The molecule has 0 bridgehead atoms. The van der Waals surface area contributed by atoms with Crippen LogP contribution in [0.2, 0.25) is 5.02 Å². The maximum Gasteiger partial charge on any atom is 0.274 e. The van der Waals surface area contributed by atoms with Crippen LogP contribution in [-0.2, 0) is 10.3 Å². The Morgan fingerprint density at radius 2 is 2.12 bits per heavy atom. The van der Waals surface area contributed by atoms with Gasteiger partial charge in [-0.25, -0.2) is 9.98 Å². The molecule has 26 heavy (non-hydrogen) atoms. The van der Waals surface area contributed by atoms with Crippen molar-refractivity contribution in [3.8, 4) is 0 Å². The minimum absolute atomic E-state index is 0.139. The molecule has 1 atom stereocenters. The van der Waals surface area contributed by atoms with Gasteiger partial charge in [0.1, 0.15) is 5.69 Å². The highest BCUT2D eigenvalue weighted by Crippen LogP contribution is 2.33. The molecular formula is C17H17ClN6O2. The number of pyridine rings is 2. The van der Waals surface area contributed by atoms with E-state index < -0.39 is 11.4 Å². The van der Waals surface area contributed by atoms with Gasteiger partial charge in [0.2, 0.25) is 5.91 Å². The summed E-state index contributed by atoms with van der Waals surface area (Å²) in [4.78, 5) is 38.3. The second-order valence-electron chi connectivity index (χ2n) is 6.15. The van der Waals surface area contributed by atoms with Crippen molar-refractivity contribution in [3.05, 3.63) is 53.1 Å². The van der Waals surface area contributed by atoms with Gasteiger partial charge in [-0.05, 0) is 25.1 Å². The zero-order chi connectivity index (χ0) is 18.9. The first-order valence-corrected chi connectivity index (χ1v) is 8.16. The molecule has 0 saturated heterocycles. The zero-order valence-corrected chi connectivity index (χ0v) is 15.0. The van der Waals surface area contributed by atoms with E-state index >= 15 is 0 Å². The molecule has 3 rings (SSSR count). The van der Waals surface area contributed by atoms with E-state index in [1.54, 1.807) is 32.3 Å². The van der Waals surface area contributed by atoms with Crippen LogP contribution in [0.3, 0.4) is 0 Å². The summed E-state index contributed by atoms with van der Waals surface area (Å²) in [6.45, 7) is 1.80. The van der Waals surface area contributed by atoms with E-state index in [0.29, 0.717) is 16.3 Å². The van der Waals surface area contributed by atoms with E-state index in [0.717, 1.165) is 0 Å². The monoisotopic (exact) mass is 372 g/mol. The molecule has 3 N–H and O–H groups in total. The molecule has 0 radical (unpaired) electrons. The van der Waals surface area contributed by atoms with Crippen LogP contribution in [-0.4, -0.2) is 39.7 Å². The van der Waals surface area contributed by atoms with Gasteiger partial charge in [-0.3, -0.25) is 19.5 Å². The topological polar surface area (TPSA) is 114 Å². The number of amides is 2. The first-order chi connectivity index (χ1) is 12.3. The van der Waals surface area contributed by atoms with E-state index in [2.05, 4.69) is 20.3 Å². The Morgan fingerprint density at radius 3 is 2.77 bits per heavy atom. The van der Waals surface area contributed by atoms with Gasteiger partial charge in [0.15, 0.2) is 5.96 Å². The summed E-state index contributed by atoms with van der Waals surface area (Å²) in [5.74, 6) is -0.392. The van der Waals surface area contributed by atoms with E-state index in [9.17, 15) is 9.59 Å². The minimum Gasteiger partial charge on any atom is -0.369 e. The standard InChI is InChI=1S/C17H17ClN6O2/c1-17(6-14(25)24(2)16(19)23-17)10-5-12(9-20-7-10)22-15(26)13-4-3-11(18)8-21-13/h3-5,7-9H,6H2,1-2H3,(H2,19,23)(H,22,26)/t17-/m0/s1. The minimum atomic E-state index is -0.847. The number of halogens is 1. The van der Waals surface area contributed by atoms with E-state index in [4.69, 9.17) is 17.3 Å². The SMILES string of the molecule is CN1C(=O)C[C@@](C)(c2cncc(NC(=O)c3ccc(Cl)cn3)c2)N=C1N. The molecule has 0 spiro atoms. The van der Waals surface area contributed by atoms with Crippen LogP contribution in [0.1, 0.15) is 29.4 Å². The second-order valence-corrected chi connectivity index (χ2v) is 6.59. The molecular weight excluding hydrogens is 356 g/mol. The fraction of sp³-hybridized carbons (Fsp3) is 0.235. The number of guanidine groups is 1. The van der Waals surface area contributed by atoms with Gasteiger partial charge in [0, 0.05) is 25.0 Å². The third kappa shape index (κ3) is 3.50. The maximum absolute atomic E-state index is 12.3. The number of carbonyl (C=O) groups is 2. The highest BCUT2D eigenvalue weighted by Gasteiger charge is 2.36. The summed E-state index contributed by atoms with van der Waals surface area (Å²) in [6.07, 6.45) is 4.66. The number of nitrogens with two attached hydrogens (primary N) is 1. The lowest BCUT2D eigenvalue weighted by Gasteiger charge is -2.33. The van der Waals surface area contributed by atoms with Crippen LogP contribution in [0.4, 0.5) is 5.69 Å². The molecule has 0 aliphatic carbocycles. The second kappa shape index (κ2) is 6.72. The normalized spacial score (nSPS) is 19.9. The lowest BCUT2D eigenvalue weighted by Crippen LogP contribution is -2.47. The molecule has 0 unspecified atom stereocenters. The largest absolute Gasteiger partial charge is 0.369 e. The number of nitrogens with zero attached hydrogens (tertiary/aromatic N) is 4. The predicted molar refractivity (Wildman–Crippen MR) is 97.8 cm³/mol. The Morgan fingerprint density at radius 1 is 1.35 bits per heavy atom. The fourth-order valence-corrected chi connectivity index (χ4v) is 2.69.